The lowest BCUT2D eigenvalue weighted by atomic mass is 9.97. The number of hydrogen-bond donors (Lipinski definition) is 0. The van der Waals surface area contributed by atoms with Gasteiger partial charge in [0.05, 0.1) is 16.8 Å². The van der Waals surface area contributed by atoms with Crippen molar-refractivity contribution < 1.29 is 8.83 Å². The van der Waals surface area contributed by atoms with Gasteiger partial charge < -0.3 is 13.7 Å². The zero-order valence-corrected chi connectivity index (χ0v) is 30.8. The Labute approximate surface area is 328 Å². The summed E-state index contributed by atoms with van der Waals surface area (Å²) in [5.74, 6) is 0. The summed E-state index contributed by atoms with van der Waals surface area (Å²) in [5, 5.41) is 11.5. The molecule has 0 saturated heterocycles. The van der Waals surface area contributed by atoms with Crippen LogP contribution < -0.4 is 4.90 Å². The minimum Gasteiger partial charge on any atom is -0.455 e. The summed E-state index contributed by atoms with van der Waals surface area (Å²) < 4.78 is 13.6. The summed E-state index contributed by atoms with van der Waals surface area (Å²) in [4.78, 5) is 2.39. The van der Waals surface area contributed by atoms with Crippen molar-refractivity contribution in [2.24, 2.45) is 0 Å². The largest absolute Gasteiger partial charge is 0.455 e. The quantitative estimate of drug-likeness (QED) is 0.177. The molecule has 2 heterocycles. The number of anilines is 3. The van der Waals surface area contributed by atoms with Crippen molar-refractivity contribution in [1.29, 1.82) is 0 Å². The summed E-state index contributed by atoms with van der Waals surface area (Å²) in [5.41, 5.74) is 11.1. The molecule has 3 nitrogen and oxygen atoms in total. The fraction of sp³-hybridized carbons (Fsp3) is 0. The molecule has 0 spiro atoms. The third-order valence-corrected chi connectivity index (χ3v) is 11.6. The van der Waals surface area contributed by atoms with Crippen LogP contribution >= 0.6 is 0 Å². The van der Waals surface area contributed by atoms with Gasteiger partial charge in [0, 0.05) is 38.4 Å². The Morgan fingerprint density at radius 3 is 1.77 bits per heavy atom. The van der Waals surface area contributed by atoms with E-state index < -0.39 is 0 Å². The van der Waals surface area contributed by atoms with Gasteiger partial charge in [0.25, 0.3) is 0 Å². The maximum Gasteiger partial charge on any atom is 0.143 e. The van der Waals surface area contributed by atoms with Crippen LogP contribution in [0.15, 0.2) is 209 Å². The normalized spacial score (nSPS) is 11.9. The topological polar surface area (TPSA) is 29.5 Å². The number of nitrogens with zero attached hydrogens (tertiary/aromatic N) is 1. The number of para-hydroxylation sites is 2. The maximum atomic E-state index is 6.81. The molecule has 0 radical (unpaired) electrons. The molecule has 2 aromatic heterocycles. The summed E-state index contributed by atoms with van der Waals surface area (Å²) in [6, 6.07) is 71.5. The highest BCUT2D eigenvalue weighted by Crippen LogP contribution is 2.48. The van der Waals surface area contributed by atoms with Crippen LogP contribution in [-0.4, -0.2) is 0 Å². The third-order valence-electron chi connectivity index (χ3n) is 11.6. The van der Waals surface area contributed by atoms with Crippen molar-refractivity contribution in [2.75, 3.05) is 4.90 Å². The lowest BCUT2D eigenvalue weighted by Gasteiger charge is -2.28. The van der Waals surface area contributed by atoms with Crippen molar-refractivity contribution in [3.05, 3.63) is 200 Å². The van der Waals surface area contributed by atoms with Gasteiger partial charge in [0.2, 0.25) is 0 Å². The molecule has 0 saturated carbocycles. The first-order valence-corrected chi connectivity index (χ1v) is 19.4. The molecule has 0 fully saturated rings. The van der Waals surface area contributed by atoms with Gasteiger partial charge in [-0.15, -0.1) is 0 Å². The summed E-state index contributed by atoms with van der Waals surface area (Å²) >= 11 is 0. The first-order chi connectivity index (χ1) is 28.3. The standard InChI is InChI=1S/C54H33NO2/c1-2-15-38-33-51-47(32-37(38)14-1)45-22-10-21-44(54(45)57-51)43-19-7-8-23-48(43)55(39-29-26-36(27-30-39)41-20-9-16-34-12-3-5-17-40(34)41)49-24-11-25-50-52(49)46-31-28-35-13-4-6-18-42(35)53(46)56-50/h1-33H. The maximum absolute atomic E-state index is 6.81. The predicted molar refractivity (Wildman–Crippen MR) is 239 cm³/mol. The SMILES string of the molecule is c1ccc(N(c2ccc(-c3cccc4ccccc34)cc2)c2cccc3oc4c5ccccc5ccc4c23)c(-c2cccc3c2oc2cc4ccccc4cc23)c1. The monoisotopic (exact) mass is 727 g/mol. The van der Waals surface area contributed by atoms with Gasteiger partial charge in [-0.05, 0) is 86.6 Å². The molecule has 0 aliphatic carbocycles. The highest BCUT2D eigenvalue weighted by molar-refractivity contribution is 6.20. The second-order valence-corrected chi connectivity index (χ2v) is 14.8. The van der Waals surface area contributed by atoms with E-state index in [1.54, 1.807) is 0 Å². The van der Waals surface area contributed by atoms with Gasteiger partial charge >= 0.3 is 0 Å². The molecule has 12 aromatic rings. The molecular weight excluding hydrogens is 695 g/mol. The zero-order chi connectivity index (χ0) is 37.5. The lowest BCUT2D eigenvalue weighted by Crippen LogP contribution is -2.11. The van der Waals surface area contributed by atoms with Crippen LogP contribution in [0.25, 0.3) is 98.4 Å². The molecule has 0 aliphatic heterocycles. The summed E-state index contributed by atoms with van der Waals surface area (Å²) in [7, 11) is 0. The molecule has 0 atom stereocenters. The molecule has 0 bridgehead atoms. The Morgan fingerprint density at radius 1 is 0.316 bits per heavy atom. The van der Waals surface area contributed by atoms with E-state index >= 15 is 0 Å². The molecule has 57 heavy (non-hydrogen) atoms. The number of rotatable bonds is 5. The van der Waals surface area contributed by atoms with Crippen molar-refractivity contribution in [1.82, 2.24) is 0 Å². The Hall–Kier alpha value is -7.62. The van der Waals surface area contributed by atoms with Crippen LogP contribution in [0.1, 0.15) is 0 Å². The van der Waals surface area contributed by atoms with E-state index in [2.05, 4.69) is 205 Å². The Morgan fingerprint density at radius 2 is 0.912 bits per heavy atom. The van der Waals surface area contributed by atoms with E-state index in [0.29, 0.717) is 0 Å². The van der Waals surface area contributed by atoms with Crippen molar-refractivity contribution in [2.45, 2.75) is 0 Å². The van der Waals surface area contributed by atoms with Crippen LogP contribution in [0.3, 0.4) is 0 Å². The molecular formula is C54H33NO2. The fourth-order valence-electron chi connectivity index (χ4n) is 8.99. The Bertz CT molecular complexity index is 3530. The molecule has 12 rings (SSSR count). The second-order valence-electron chi connectivity index (χ2n) is 14.8. The number of benzene rings is 10. The van der Waals surface area contributed by atoms with Crippen molar-refractivity contribution in [3.8, 4) is 22.3 Å². The highest BCUT2D eigenvalue weighted by Gasteiger charge is 2.24. The fourth-order valence-corrected chi connectivity index (χ4v) is 8.99. The molecule has 3 heteroatoms. The van der Waals surface area contributed by atoms with E-state index in [9.17, 15) is 0 Å². The zero-order valence-electron chi connectivity index (χ0n) is 30.8. The van der Waals surface area contributed by atoms with Crippen LogP contribution in [0.2, 0.25) is 0 Å². The van der Waals surface area contributed by atoms with Gasteiger partial charge in [0.1, 0.15) is 22.3 Å². The van der Waals surface area contributed by atoms with Gasteiger partial charge in [-0.25, -0.2) is 0 Å². The number of fused-ring (bicyclic) bond motifs is 10. The molecule has 0 N–H and O–H groups in total. The van der Waals surface area contributed by atoms with E-state index in [4.69, 9.17) is 8.83 Å². The van der Waals surface area contributed by atoms with Gasteiger partial charge in [0.15, 0.2) is 0 Å². The van der Waals surface area contributed by atoms with Crippen molar-refractivity contribution in [3.63, 3.8) is 0 Å². The van der Waals surface area contributed by atoms with Crippen molar-refractivity contribution >= 4 is 93.3 Å². The smallest absolute Gasteiger partial charge is 0.143 e. The van der Waals surface area contributed by atoms with Gasteiger partial charge in [-0.3, -0.25) is 0 Å². The number of furan rings is 2. The number of hydrogen-bond acceptors (Lipinski definition) is 3. The summed E-state index contributed by atoms with van der Waals surface area (Å²) in [6.45, 7) is 0. The first-order valence-electron chi connectivity index (χ1n) is 19.4. The van der Waals surface area contributed by atoms with E-state index in [0.717, 1.165) is 88.2 Å². The molecule has 266 valence electrons. The van der Waals surface area contributed by atoms with Crippen LogP contribution in [0, 0.1) is 0 Å². The van der Waals surface area contributed by atoms with Crippen LogP contribution in [0.5, 0.6) is 0 Å². The Kier molecular flexibility index (Phi) is 6.93. The molecule has 0 amide bonds. The molecule has 10 aromatic carbocycles. The minimum atomic E-state index is 0.847. The van der Waals surface area contributed by atoms with Crippen LogP contribution in [-0.2, 0) is 0 Å². The average molecular weight is 728 g/mol. The average Bonchev–Trinajstić information content (AvgIpc) is 3.85. The third kappa shape index (κ3) is 4.92. The highest BCUT2D eigenvalue weighted by atomic mass is 16.3. The van der Waals surface area contributed by atoms with Gasteiger partial charge in [-0.1, -0.05) is 152 Å². The minimum absolute atomic E-state index is 0.847. The van der Waals surface area contributed by atoms with E-state index in [1.165, 1.54) is 27.3 Å². The van der Waals surface area contributed by atoms with Gasteiger partial charge in [-0.2, -0.15) is 0 Å². The molecule has 0 unspecified atom stereocenters. The Balaban J connectivity index is 1.11. The molecule has 0 aliphatic rings. The second kappa shape index (κ2) is 12.5. The van der Waals surface area contributed by atoms with E-state index in [-0.39, 0.29) is 0 Å². The van der Waals surface area contributed by atoms with Crippen LogP contribution in [0.4, 0.5) is 17.1 Å². The lowest BCUT2D eigenvalue weighted by molar-refractivity contribution is 0.670. The first kappa shape index (κ1) is 31.7. The van der Waals surface area contributed by atoms with E-state index in [1.807, 2.05) is 0 Å². The predicted octanol–water partition coefficient (Wildman–Crippen LogP) is 15.7. The summed E-state index contributed by atoms with van der Waals surface area (Å²) in [6.07, 6.45) is 0.